The predicted octanol–water partition coefficient (Wildman–Crippen LogP) is 5.21. The third kappa shape index (κ3) is 4.37. The van der Waals surface area contributed by atoms with E-state index < -0.39 is 0 Å². The Labute approximate surface area is 256 Å². The summed E-state index contributed by atoms with van der Waals surface area (Å²) in [7, 11) is 1.98. The van der Waals surface area contributed by atoms with E-state index in [1.165, 1.54) is 11.3 Å². The molecule has 0 radical (unpaired) electrons. The van der Waals surface area contributed by atoms with Crippen LogP contribution < -0.4 is 29.5 Å². The normalized spacial score (nSPS) is 17.3. The fraction of sp³-hybridized carbons (Fsp3) is 0.0606. The first-order valence-electron chi connectivity index (χ1n) is 13.3. The van der Waals surface area contributed by atoms with E-state index in [-0.39, 0.29) is 11.5 Å². The van der Waals surface area contributed by atoms with Crippen molar-refractivity contribution in [2.75, 3.05) is 21.7 Å². The van der Waals surface area contributed by atoms with Gasteiger partial charge in [0.05, 0.1) is 17.9 Å². The Morgan fingerprint density at radius 3 is 1.93 bits per heavy atom. The largest absolute Gasteiger partial charge is 0.337 e. The molecule has 0 unspecified atom stereocenters. The summed E-state index contributed by atoms with van der Waals surface area (Å²) in [6.07, 6.45) is 0. The van der Waals surface area contributed by atoms with Crippen molar-refractivity contribution in [3.8, 4) is 0 Å². The smallest absolute Gasteiger partial charge is 0.284 e. The summed E-state index contributed by atoms with van der Waals surface area (Å²) in [5, 5.41) is 1.19. The van der Waals surface area contributed by atoms with E-state index in [1.807, 2.05) is 110 Å². The summed E-state index contributed by atoms with van der Waals surface area (Å²) in [6.45, 7) is 0.317. The highest BCUT2D eigenvalue weighted by Crippen LogP contribution is 2.45. The minimum Gasteiger partial charge on any atom is -0.337 e. The Balaban J connectivity index is 1.54. The molecular weight excluding hydrogens is 581 g/mol. The molecule has 6 nitrogen and oxygen atoms in total. The van der Waals surface area contributed by atoms with Crippen LogP contribution in [0.2, 0.25) is 0 Å². The second kappa shape index (κ2) is 10.8. The Kier molecular flexibility index (Phi) is 6.78. The summed E-state index contributed by atoms with van der Waals surface area (Å²) in [5.41, 5.74) is 3.67. The molecule has 1 aromatic heterocycles. The van der Waals surface area contributed by atoms with Gasteiger partial charge in [-0.3, -0.25) is 24.0 Å². The number of benzene rings is 4. The average Bonchev–Trinajstić information content (AvgIpc) is 3.62. The van der Waals surface area contributed by atoms with Crippen LogP contribution in [0.25, 0.3) is 10.7 Å². The Hall–Kier alpha value is -4.44. The lowest BCUT2D eigenvalue weighted by Gasteiger charge is -2.20. The van der Waals surface area contributed by atoms with Gasteiger partial charge in [-0.2, -0.15) is 0 Å². The molecule has 1 saturated heterocycles. The first kappa shape index (κ1) is 26.5. The minimum atomic E-state index is -0.273. The number of amides is 1. The number of hydrogen-bond acceptors (Lipinski definition) is 6. The van der Waals surface area contributed by atoms with Crippen molar-refractivity contribution in [1.29, 1.82) is 0 Å². The molecule has 0 N–H and O–H groups in total. The second-order valence-electron chi connectivity index (χ2n) is 9.83. The van der Waals surface area contributed by atoms with Crippen molar-refractivity contribution < 1.29 is 4.79 Å². The third-order valence-electron chi connectivity index (χ3n) is 7.24. The zero-order chi connectivity index (χ0) is 28.8. The molecular formula is C33H24N4O2S3. The molecule has 3 heterocycles. The lowest BCUT2D eigenvalue weighted by molar-refractivity contribution is -0.112. The van der Waals surface area contributed by atoms with Crippen molar-refractivity contribution in [3.63, 3.8) is 0 Å². The molecule has 0 spiro atoms. The maximum absolute atomic E-state index is 14.4. The Bertz CT molecular complexity index is 2020. The Morgan fingerprint density at radius 2 is 1.29 bits per heavy atom. The molecule has 0 aliphatic carbocycles. The van der Waals surface area contributed by atoms with Crippen LogP contribution in [0.1, 0.15) is 5.56 Å². The number of nitrogens with zero attached hydrogens (tertiary/aromatic N) is 4. The molecule has 5 aromatic rings. The van der Waals surface area contributed by atoms with Gasteiger partial charge in [0.25, 0.3) is 11.5 Å². The van der Waals surface area contributed by atoms with E-state index >= 15 is 0 Å². The van der Waals surface area contributed by atoms with Crippen LogP contribution in [-0.2, 0) is 11.3 Å². The summed E-state index contributed by atoms with van der Waals surface area (Å²) in [4.78, 5) is 35.3. The van der Waals surface area contributed by atoms with Crippen molar-refractivity contribution >= 4 is 74.1 Å². The van der Waals surface area contributed by atoms with Crippen LogP contribution in [0.3, 0.4) is 0 Å². The van der Waals surface area contributed by atoms with Gasteiger partial charge in [0.2, 0.25) is 0 Å². The molecule has 7 rings (SSSR count). The highest BCUT2D eigenvalue weighted by molar-refractivity contribution is 8.08. The molecule has 2 aliphatic heterocycles. The Morgan fingerprint density at radius 1 is 0.714 bits per heavy atom. The minimum absolute atomic E-state index is 0.140. The second-order valence-corrected chi connectivity index (χ2v) is 12.2. The van der Waals surface area contributed by atoms with E-state index in [9.17, 15) is 9.59 Å². The molecule has 4 aromatic carbocycles. The summed E-state index contributed by atoms with van der Waals surface area (Å²) in [5.74, 6) is -0.273. The molecule has 0 bridgehead atoms. The van der Waals surface area contributed by atoms with E-state index in [4.69, 9.17) is 12.2 Å². The number of anilines is 3. The van der Waals surface area contributed by atoms with Crippen LogP contribution in [0.15, 0.2) is 125 Å². The quantitative estimate of drug-likeness (QED) is 0.263. The standard InChI is InChI=1S/C33H24N4O2S3/c1-34-25-19-11-12-20-26(25)41-32(34)28-30(39)35(21-22-13-5-2-6-14-22)31(42-28)27-29(38)37(24-17-9-4-10-18-24)33(40)36(27)23-15-7-3-8-16-23/h2-20H,21H2,1H3/b31-27-,32-28-. The molecule has 0 saturated carbocycles. The van der Waals surface area contributed by atoms with E-state index in [1.54, 1.807) is 26.1 Å². The summed E-state index contributed by atoms with van der Waals surface area (Å²) in [6, 6.07) is 36.9. The van der Waals surface area contributed by atoms with E-state index in [2.05, 4.69) is 17.0 Å². The van der Waals surface area contributed by atoms with Gasteiger partial charge >= 0.3 is 0 Å². The molecule has 9 heteroatoms. The number of thiocarbonyl (C=S) groups is 1. The number of aromatic nitrogens is 1. The fourth-order valence-corrected chi connectivity index (χ4v) is 8.09. The maximum atomic E-state index is 14.4. The van der Waals surface area contributed by atoms with Gasteiger partial charge in [-0.15, -0.1) is 11.3 Å². The lowest BCUT2D eigenvalue weighted by Crippen LogP contribution is -2.36. The number of para-hydroxylation sites is 3. The predicted molar refractivity (Wildman–Crippen MR) is 176 cm³/mol. The number of hydrogen-bond donors (Lipinski definition) is 0. The van der Waals surface area contributed by atoms with Crippen LogP contribution in [-0.4, -0.2) is 22.6 Å². The van der Waals surface area contributed by atoms with E-state index in [0.29, 0.717) is 32.2 Å². The first-order chi connectivity index (χ1) is 20.5. The van der Waals surface area contributed by atoms with Gasteiger partial charge in [-0.25, -0.2) is 0 Å². The van der Waals surface area contributed by atoms with Gasteiger partial charge in [-0.1, -0.05) is 90.6 Å². The van der Waals surface area contributed by atoms with Gasteiger partial charge < -0.3 is 4.90 Å². The van der Waals surface area contributed by atoms with E-state index in [0.717, 1.165) is 26.9 Å². The van der Waals surface area contributed by atoms with Gasteiger partial charge in [0.1, 0.15) is 19.9 Å². The number of rotatable bonds is 4. The lowest BCUT2D eigenvalue weighted by atomic mass is 10.2. The topological polar surface area (TPSA) is 48.8 Å². The molecule has 1 fully saturated rings. The SMILES string of the molecule is CN1/C(=c2/s/c(=C3/C(=O)N(c4ccccc4)C(=S)N3c3ccccc3)n(Cc3ccccc3)c2=O)Sc2ccccc21. The molecule has 42 heavy (non-hydrogen) atoms. The highest BCUT2D eigenvalue weighted by atomic mass is 32.2. The van der Waals surface area contributed by atoms with Crippen molar-refractivity contribution in [2.45, 2.75) is 11.4 Å². The van der Waals surface area contributed by atoms with Crippen molar-refractivity contribution in [1.82, 2.24) is 4.57 Å². The first-order valence-corrected chi connectivity index (χ1v) is 15.4. The van der Waals surface area contributed by atoms with Gasteiger partial charge in [0, 0.05) is 17.6 Å². The summed E-state index contributed by atoms with van der Waals surface area (Å²) < 4.78 is 2.87. The van der Waals surface area contributed by atoms with Crippen LogP contribution >= 0.6 is 35.3 Å². The number of fused-ring (bicyclic) bond motifs is 1. The van der Waals surface area contributed by atoms with Crippen LogP contribution in [0.5, 0.6) is 0 Å². The number of thioether (sulfide) groups is 1. The van der Waals surface area contributed by atoms with Crippen molar-refractivity contribution in [2.24, 2.45) is 0 Å². The number of thiazole rings is 1. The third-order valence-corrected chi connectivity index (χ3v) is 10.2. The zero-order valence-electron chi connectivity index (χ0n) is 22.5. The maximum Gasteiger partial charge on any atom is 0.284 e. The molecule has 206 valence electrons. The van der Waals surface area contributed by atoms with Gasteiger partial charge in [-0.05, 0) is 54.2 Å². The molecule has 1 amide bonds. The van der Waals surface area contributed by atoms with Crippen molar-refractivity contribution in [3.05, 3.63) is 140 Å². The summed E-state index contributed by atoms with van der Waals surface area (Å²) >= 11 is 8.89. The zero-order valence-corrected chi connectivity index (χ0v) is 25.0. The van der Waals surface area contributed by atoms with Gasteiger partial charge in [0.15, 0.2) is 5.11 Å². The van der Waals surface area contributed by atoms with Crippen LogP contribution in [0, 0.1) is 0 Å². The monoisotopic (exact) mass is 604 g/mol. The average molecular weight is 605 g/mol. The highest BCUT2D eigenvalue weighted by Gasteiger charge is 2.42. The number of carbonyl (C=O) groups is 1. The fourth-order valence-electron chi connectivity index (χ4n) is 5.22. The molecule has 2 aliphatic rings. The van der Waals surface area contributed by atoms with Crippen LogP contribution in [0.4, 0.5) is 17.1 Å². The number of carbonyl (C=O) groups excluding carboxylic acids is 1. The molecule has 0 atom stereocenters.